The SMILES string of the molecule is COc1cc(OC(F)(F)F)c(C(F)(F)F)nc1[N+](=O)[O-]. The fourth-order valence-corrected chi connectivity index (χ4v) is 1.15. The Bertz CT molecular complexity index is 527. The standard InChI is InChI=1S/C8H4F6N2O4/c1-19-4-2-3(20-8(12,13)14)5(7(9,10)11)15-6(4)16(17)18/h2H,1H3. The monoisotopic (exact) mass is 306 g/mol. The number of hydrogen-bond acceptors (Lipinski definition) is 5. The molecular weight excluding hydrogens is 302 g/mol. The van der Waals surface area contributed by atoms with E-state index < -0.39 is 40.5 Å². The van der Waals surface area contributed by atoms with Crippen molar-refractivity contribution in [2.75, 3.05) is 7.11 Å². The highest BCUT2D eigenvalue weighted by molar-refractivity contribution is 5.48. The minimum atomic E-state index is -5.43. The summed E-state index contributed by atoms with van der Waals surface area (Å²) >= 11 is 0. The lowest BCUT2D eigenvalue weighted by molar-refractivity contribution is -0.391. The van der Waals surface area contributed by atoms with Gasteiger partial charge < -0.3 is 19.6 Å². The van der Waals surface area contributed by atoms with Crippen molar-refractivity contribution in [3.8, 4) is 11.5 Å². The molecule has 1 heterocycles. The van der Waals surface area contributed by atoms with E-state index in [1.54, 1.807) is 0 Å². The number of rotatable bonds is 3. The Morgan fingerprint density at radius 2 is 1.75 bits per heavy atom. The quantitative estimate of drug-likeness (QED) is 0.487. The summed E-state index contributed by atoms with van der Waals surface area (Å²) < 4.78 is 81.1. The van der Waals surface area contributed by atoms with Crippen LogP contribution in [-0.4, -0.2) is 23.4 Å². The van der Waals surface area contributed by atoms with Crippen LogP contribution in [0.4, 0.5) is 32.2 Å². The molecule has 20 heavy (non-hydrogen) atoms. The first-order valence-corrected chi connectivity index (χ1v) is 4.52. The van der Waals surface area contributed by atoms with Crippen LogP contribution in [0.3, 0.4) is 0 Å². The van der Waals surface area contributed by atoms with Crippen molar-refractivity contribution >= 4 is 5.82 Å². The molecule has 0 aromatic carbocycles. The number of pyridine rings is 1. The van der Waals surface area contributed by atoms with Crippen molar-refractivity contribution in [3.63, 3.8) is 0 Å². The van der Waals surface area contributed by atoms with Crippen molar-refractivity contribution in [1.82, 2.24) is 4.98 Å². The predicted octanol–water partition coefficient (Wildman–Crippen LogP) is 2.92. The van der Waals surface area contributed by atoms with Crippen LogP contribution in [0, 0.1) is 10.1 Å². The Morgan fingerprint density at radius 3 is 2.10 bits per heavy atom. The van der Waals surface area contributed by atoms with Crippen LogP contribution in [0.15, 0.2) is 6.07 Å². The minimum absolute atomic E-state index is 0.0987. The molecular formula is C8H4F6N2O4. The molecule has 6 nitrogen and oxygen atoms in total. The van der Waals surface area contributed by atoms with Crippen LogP contribution < -0.4 is 9.47 Å². The van der Waals surface area contributed by atoms with Gasteiger partial charge in [0, 0.05) is 6.07 Å². The van der Waals surface area contributed by atoms with E-state index in [1.807, 2.05) is 0 Å². The van der Waals surface area contributed by atoms with Crippen molar-refractivity contribution in [3.05, 3.63) is 21.9 Å². The normalized spacial score (nSPS) is 12.2. The number of nitrogens with zero attached hydrogens (tertiary/aromatic N) is 2. The fourth-order valence-electron chi connectivity index (χ4n) is 1.15. The van der Waals surface area contributed by atoms with Crippen molar-refractivity contribution in [2.45, 2.75) is 12.5 Å². The highest BCUT2D eigenvalue weighted by atomic mass is 19.4. The summed E-state index contributed by atoms with van der Waals surface area (Å²) in [4.78, 5) is 11.7. The van der Waals surface area contributed by atoms with Crippen LogP contribution >= 0.6 is 0 Å². The maximum Gasteiger partial charge on any atom is 0.573 e. The second-order valence-electron chi connectivity index (χ2n) is 3.16. The van der Waals surface area contributed by atoms with Gasteiger partial charge in [-0.15, -0.1) is 13.2 Å². The first kappa shape index (κ1) is 15.8. The van der Waals surface area contributed by atoms with Gasteiger partial charge >= 0.3 is 18.4 Å². The summed E-state index contributed by atoms with van der Waals surface area (Å²) in [7, 11) is 0.814. The van der Waals surface area contributed by atoms with E-state index in [9.17, 15) is 36.5 Å². The first-order chi connectivity index (χ1) is 8.95. The molecule has 0 N–H and O–H groups in total. The van der Waals surface area contributed by atoms with Crippen LogP contribution in [0.1, 0.15) is 5.69 Å². The molecule has 12 heteroatoms. The summed E-state index contributed by atoms with van der Waals surface area (Å²) in [5.74, 6) is -4.02. The highest BCUT2D eigenvalue weighted by Crippen LogP contribution is 2.41. The molecule has 0 spiro atoms. The Labute approximate surface area is 106 Å². The number of ether oxygens (including phenoxy) is 2. The second kappa shape index (κ2) is 5.02. The largest absolute Gasteiger partial charge is 0.573 e. The van der Waals surface area contributed by atoms with Gasteiger partial charge in [0.2, 0.25) is 5.75 Å². The maximum absolute atomic E-state index is 12.5. The van der Waals surface area contributed by atoms with Gasteiger partial charge in [0.15, 0.2) is 5.75 Å². The molecule has 0 aliphatic heterocycles. The van der Waals surface area contributed by atoms with Crippen LogP contribution in [0.5, 0.6) is 11.5 Å². The number of nitro groups is 1. The van der Waals surface area contributed by atoms with Gasteiger partial charge in [0.25, 0.3) is 5.69 Å². The zero-order chi connectivity index (χ0) is 15.7. The Balaban J connectivity index is 3.52. The summed E-state index contributed by atoms with van der Waals surface area (Å²) in [5.41, 5.74) is -2.18. The number of aromatic nitrogens is 1. The zero-order valence-electron chi connectivity index (χ0n) is 9.37. The topological polar surface area (TPSA) is 74.5 Å². The maximum atomic E-state index is 12.5. The lowest BCUT2D eigenvalue weighted by Gasteiger charge is -2.13. The molecule has 0 radical (unpaired) electrons. The van der Waals surface area contributed by atoms with Gasteiger partial charge in [-0.3, -0.25) is 0 Å². The predicted molar refractivity (Wildman–Crippen MR) is 49.1 cm³/mol. The molecule has 1 aromatic rings. The van der Waals surface area contributed by atoms with Gasteiger partial charge in [-0.05, 0) is 9.91 Å². The lowest BCUT2D eigenvalue weighted by atomic mass is 10.3. The number of hydrogen-bond donors (Lipinski definition) is 0. The summed E-state index contributed by atoms with van der Waals surface area (Å²) in [6, 6.07) is 0.0987. The third kappa shape index (κ3) is 3.61. The third-order valence-electron chi connectivity index (χ3n) is 1.82. The van der Waals surface area contributed by atoms with E-state index in [0.29, 0.717) is 0 Å². The average molecular weight is 306 g/mol. The van der Waals surface area contributed by atoms with E-state index in [1.165, 1.54) is 0 Å². The number of methoxy groups -OCH3 is 1. The highest BCUT2D eigenvalue weighted by Gasteiger charge is 2.46. The van der Waals surface area contributed by atoms with Crippen molar-refractivity contribution < 1.29 is 40.7 Å². The molecule has 0 fully saturated rings. The zero-order valence-corrected chi connectivity index (χ0v) is 9.37. The molecule has 0 unspecified atom stereocenters. The third-order valence-corrected chi connectivity index (χ3v) is 1.82. The van der Waals surface area contributed by atoms with E-state index in [2.05, 4.69) is 14.5 Å². The molecule has 1 rings (SSSR count). The van der Waals surface area contributed by atoms with Gasteiger partial charge in [0.05, 0.1) is 7.11 Å². The Kier molecular flexibility index (Phi) is 3.96. The summed E-state index contributed by atoms with van der Waals surface area (Å²) in [6.45, 7) is 0. The number of alkyl halides is 6. The fraction of sp³-hybridized carbons (Fsp3) is 0.375. The van der Waals surface area contributed by atoms with Gasteiger partial charge in [-0.1, -0.05) is 0 Å². The Hall–Kier alpha value is -2.27. The van der Waals surface area contributed by atoms with Crippen molar-refractivity contribution in [1.29, 1.82) is 0 Å². The second-order valence-corrected chi connectivity index (χ2v) is 3.16. The van der Waals surface area contributed by atoms with E-state index in [-0.39, 0.29) is 6.07 Å². The summed E-state index contributed by atoms with van der Waals surface area (Å²) in [6.07, 6.45) is -10.8. The average Bonchev–Trinajstić information content (AvgIpc) is 2.24. The van der Waals surface area contributed by atoms with Crippen LogP contribution in [0.25, 0.3) is 0 Å². The smallest absolute Gasteiger partial charge is 0.489 e. The first-order valence-electron chi connectivity index (χ1n) is 4.52. The molecule has 0 saturated carbocycles. The number of halogens is 6. The molecule has 0 atom stereocenters. The van der Waals surface area contributed by atoms with E-state index in [4.69, 9.17) is 0 Å². The molecule has 0 aliphatic carbocycles. The van der Waals surface area contributed by atoms with Crippen molar-refractivity contribution in [2.24, 2.45) is 0 Å². The van der Waals surface area contributed by atoms with Gasteiger partial charge in [0.1, 0.15) is 0 Å². The molecule has 0 aliphatic rings. The van der Waals surface area contributed by atoms with Crippen LogP contribution in [-0.2, 0) is 6.18 Å². The lowest BCUT2D eigenvalue weighted by Crippen LogP contribution is -2.21. The summed E-state index contributed by atoms with van der Waals surface area (Å²) in [5, 5.41) is 10.5. The van der Waals surface area contributed by atoms with Crippen LogP contribution in [0.2, 0.25) is 0 Å². The van der Waals surface area contributed by atoms with E-state index >= 15 is 0 Å². The molecule has 1 aromatic heterocycles. The Morgan fingerprint density at radius 1 is 1.20 bits per heavy atom. The minimum Gasteiger partial charge on any atom is -0.489 e. The molecule has 0 bridgehead atoms. The van der Waals surface area contributed by atoms with E-state index in [0.717, 1.165) is 7.11 Å². The molecule has 0 amide bonds. The van der Waals surface area contributed by atoms with Gasteiger partial charge in [-0.2, -0.15) is 13.2 Å². The molecule has 112 valence electrons. The molecule has 0 saturated heterocycles. The van der Waals surface area contributed by atoms with Gasteiger partial charge in [-0.25, -0.2) is 0 Å².